The van der Waals surface area contributed by atoms with E-state index in [9.17, 15) is 9.90 Å². The van der Waals surface area contributed by atoms with Crippen LogP contribution in [0.25, 0.3) is 17.1 Å². The van der Waals surface area contributed by atoms with Gasteiger partial charge in [-0.1, -0.05) is 5.57 Å². The zero-order chi connectivity index (χ0) is 25.5. The maximum atomic E-state index is 12.2. The van der Waals surface area contributed by atoms with Gasteiger partial charge in [-0.15, -0.1) is 11.8 Å². The third kappa shape index (κ3) is 4.70. The summed E-state index contributed by atoms with van der Waals surface area (Å²) in [5, 5.41) is 16.4. The predicted molar refractivity (Wildman–Crippen MR) is 137 cm³/mol. The van der Waals surface area contributed by atoms with Gasteiger partial charge < -0.3 is 15.6 Å². The Morgan fingerprint density at radius 3 is 2.69 bits per heavy atom. The number of rotatable bonds is 6. The molecule has 3 N–H and O–H groups in total. The summed E-state index contributed by atoms with van der Waals surface area (Å²) in [6, 6.07) is 0. The van der Waals surface area contributed by atoms with Crippen molar-refractivity contribution in [2.45, 2.75) is 58.1 Å². The number of methoxy groups -OCH3 is 1. The molecule has 0 unspecified atom stereocenters. The van der Waals surface area contributed by atoms with E-state index in [-0.39, 0.29) is 5.95 Å². The number of aromatic nitrogens is 5. The van der Waals surface area contributed by atoms with Gasteiger partial charge in [0.25, 0.3) is 0 Å². The number of ether oxygens (including phenoxy) is 1. The SMILES string of the molecule is COc1c(C)cnc(Cn2nc3c4c(nc(N(C(=O)O)C(C)(C)C)nc42)SCC(CCN)=C3)c1C. The molecule has 0 bridgehead atoms. The molecular formula is C24H31N7O3S. The molecule has 11 heteroatoms. The zero-order valence-corrected chi connectivity index (χ0v) is 21.7. The Kier molecular flexibility index (Phi) is 6.74. The average molecular weight is 498 g/mol. The first-order valence-electron chi connectivity index (χ1n) is 11.4. The second kappa shape index (κ2) is 9.46. The van der Waals surface area contributed by atoms with E-state index in [1.165, 1.54) is 4.90 Å². The quantitative estimate of drug-likeness (QED) is 0.485. The van der Waals surface area contributed by atoms with Crippen molar-refractivity contribution in [1.29, 1.82) is 0 Å². The Balaban J connectivity index is 1.94. The van der Waals surface area contributed by atoms with Gasteiger partial charge in [0.2, 0.25) is 5.95 Å². The Bertz CT molecular complexity index is 1330. The third-order valence-corrected chi connectivity index (χ3v) is 6.97. The van der Waals surface area contributed by atoms with Gasteiger partial charge in [0, 0.05) is 28.6 Å². The number of hydrogen-bond acceptors (Lipinski definition) is 8. The molecule has 0 aliphatic carbocycles. The molecule has 35 heavy (non-hydrogen) atoms. The first-order chi connectivity index (χ1) is 16.5. The lowest BCUT2D eigenvalue weighted by molar-refractivity contribution is 0.195. The van der Waals surface area contributed by atoms with Crippen molar-refractivity contribution in [1.82, 2.24) is 24.7 Å². The summed E-state index contributed by atoms with van der Waals surface area (Å²) in [5.41, 5.74) is 10.2. The van der Waals surface area contributed by atoms with Gasteiger partial charge in [-0.05, 0) is 53.7 Å². The standard InChI is InChI=1S/C24H31N7O3S/c1-13-10-26-17(14(2)19(13)34-6)11-30-20-18-16(29-30)9-15(7-8-25)12-35-21(18)28-22(27-20)31(23(32)33)24(3,4)5/h9-10H,7-8,11-12,25H2,1-6H3,(H,32,33). The minimum Gasteiger partial charge on any atom is -0.496 e. The maximum Gasteiger partial charge on any atom is 0.414 e. The fourth-order valence-corrected chi connectivity index (χ4v) is 5.28. The van der Waals surface area contributed by atoms with E-state index in [4.69, 9.17) is 25.5 Å². The van der Waals surface area contributed by atoms with Crippen LogP contribution >= 0.6 is 11.8 Å². The van der Waals surface area contributed by atoms with Gasteiger partial charge in [0.05, 0.1) is 30.4 Å². The molecule has 1 aliphatic heterocycles. The highest BCUT2D eigenvalue weighted by Crippen LogP contribution is 2.37. The molecule has 0 atom stereocenters. The zero-order valence-electron chi connectivity index (χ0n) is 20.9. The Hall–Kier alpha value is -3.18. The summed E-state index contributed by atoms with van der Waals surface area (Å²) in [4.78, 5) is 27.4. The molecule has 3 aromatic heterocycles. The number of hydrogen-bond donors (Lipinski definition) is 2. The van der Waals surface area contributed by atoms with Crippen molar-refractivity contribution < 1.29 is 14.6 Å². The fourth-order valence-electron chi connectivity index (χ4n) is 4.24. The first kappa shape index (κ1) is 24.9. The Morgan fingerprint density at radius 2 is 2.06 bits per heavy atom. The average Bonchev–Trinajstić information content (AvgIpc) is 3.00. The Labute approximate surface area is 208 Å². The van der Waals surface area contributed by atoms with Crippen LogP contribution < -0.4 is 15.4 Å². The molecule has 4 rings (SSSR count). The minimum absolute atomic E-state index is 0.126. The molecule has 0 spiro atoms. The summed E-state index contributed by atoms with van der Waals surface area (Å²) in [6.07, 6.45) is 3.46. The molecule has 0 fully saturated rings. The third-order valence-electron chi connectivity index (χ3n) is 5.89. The number of amides is 1. The number of pyridine rings is 1. The second-order valence-electron chi connectivity index (χ2n) is 9.54. The fraction of sp³-hybridized carbons (Fsp3) is 0.458. The van der Waals surface area contributed by atoms with Crippen LogP contribution in [-0.4, -0.2) is 60.9 Å². The van der Waals surface area contributed by atoms with E-state index in [1.54, 1.807) is 29.8 Å². The number of carbonyl (C=O) groups is 1. The van der Waals surface area contributed by atoms with E-state index in [0.29, 0.717) is 29.5 Å². The molecule has 186 valence electrons. The molecule has 3 aromatic rings. The number of carboxylic acid groups (broad SMARTS) is 1. The van der Waals surface area contributed by atoms with Crippen LogP contribution in [0.15, 0.2) is 16.8 Å². The summed E-state index contributed by atoms with van der Waals surface area (Å²) >= 11 is 1.55. The number of nitrogens with two attached hydrogens (primary N) is 1. The van der Waals surface area contributed by atoms with Gasteiger partial charge in [-0.25, -0.2) is 19.4 Å². The van der Waals surface area contributed by atoms with E-state index in [1.807, 2.05) is 40.7 Å². The smallest absolute Gasteiger partial charge is 0.414 e. The number of aryl methyl sites for hydroxylation is 1. The predicted octanol–water partition coefficient (Wildman–Crippen LogP) is 4.02. The van der Waals surface area contributed by atoms with E-state index in [0.717, 1.165) is 45.6 Å². The lowest BCUT2D eigenvalue weighted by Crippen LogP contribution is -2.46. The highest BCUT2D eigenvalue weighted by molar-refractivity contribution is 7.99. The maximum absolute atomic E-state index is 12.2. The van der Waals surface area contributed by atoms with Gasteiger partial charge in [0.15, 0.2) is 5.65 Å². The van der Waals surface area contributed by atoms with Gasteiger partial charge in [-0.3, -0.25) is 4.98 Å². The van der Waals surface area contributed by atoms with Gasteiger partial charge >= 0.3 is 6.09 Å². The van der Waals surface area contributed by atoms with Crippen LogP contribution in [0.1, 0.15) is 49.7 Å². The first-order valence-corrected chi connectivity index (χ1v) is 12.4. The molecular weight excluding hydrogens is 466 g/mol. The summed E-state index contributed by atoms with van der Waals surface area (Å²) < 4.78 is 7.35. The number of nitrogens with zero attached hydrogens (tertiary/aromatic N) is 6. The summed E-state index contributed by atoms with van der Waals surface area (Å²) in [5.74, 6) is 1.62. The highest BCUT2D eigenvalue weighted by atomic mass is 32.2. The van der Waals surface area contributed by atoms with Crippen molar-refractivity contribution in [3.8, 4) is 5.75 Å². The molecule has 1 amide bonds. The van der Waals surface area contributed by atoms with Crippen molar-refractivity contribution >= 4 is 40.9 Å². The van der Waals surface area contributed by atoms with Crippen LogP contribution in [0.5, 0.6) is 5.75 Å². The van der Waals surface area contributed by atoms with Crippen LogP contribution in [0.2, 0.25) is 0 Å². The lowest BCUT2D eigenvalue weighted by atomic mass is 10.1. The summed E-state index contributed by atoms with van der Waals surface area (Å²) in [7, 11) is 1.65. The van der Waals surface area contributed by atoms with E-state index >= 15 is 0 Å². The molecule has 4 heterocycles. The second-order valence-corrected chi connectivity index (χ2v) is 10.5. The van der Waals surface area contributed by atoms with Crippen LogP contribution in [0, 0.1) is 13.8 Å². The Morgan fingerprint density at radius 1 is 1.31 bits per heavy atom. The van der Waals surface area contributed by atoms with Crippen LogP contribution in [0.4, 0.5) is 10.7 Å². The van der Waals surface area contributed by atoms with Crippen molar-refractivity contribution in [3.63, 3.8) is 0 Å². The summed E-state index contributed by atoms with van der Waals surface area (Å²) in [6.45, 7) is 10.3. The van der Waals surface area contributed by atoms with Crippen molar-refractivity contribution in [2.24, 2.45) is 5.73 Å². The highest BCUT2D eigenvalue weighted by Gasteiger charge is 2.32. The molecule has 0 saturated heterocycles. The van der Waals surface area contributed by atoms with Gasteiger partial charge in [-0.2, -0.15) is 10.1 Å². The van der Waals surface area contributed by atoms with Crippen LogP contribution in [-0.2, 0) is 6.54 Å². The van der Waals surface area contributed by atoms with Gasteiger partial charge in [0.1, 0.15) is 10.8 Å². The number of anilines is 1. The largest absolute Gasteiger partial charge is 0.496 e. The van der Waals surface area contributed by atoms with E-state index < -0.39 is 11.6 Å². The molecule has 0 aromatic carbocycles. The van der Waals surface area contributed by atoms with Crippen LogP contribution in [0.3, 0.4) is 0 Å². The monoisotopic (exact) mass is 497 g/mol. The van der Waals surface area contributed by atoms with Crippen molar-refractivity contribution in [3.05, 3.63) is 34.3 Å². The molecule has 10 nitrogen and oxygen atoms in total. The molecule has 1 aliphatic rings. The van der Waals surface area contributed by atoms with Crippen molar-refractivity contribution in [2.75, 3.05) is 24.3 Å². The molecule has 0 radical (unpaired) electrons. The van der Waals surface area contributed by atoms with E-state index in [2.05, 4.69) is 4.98 Å². The number of thioether (sulfide) groups is 1. The topological polar surface area (TPSA) is 132 Å². The minimum atomic E-state index is -1.11. The normalized spacial score (nSPS) is 13.5. The molecule has 0 saturated carbocycles. The lowest BCUT2D eigenvalue weighted by Gasteiger charge is -2.31.